The SMILES string of the molecule is CC(CO)[C@@H]1NC(=O)[C@H]1CCOOC(=O)Cc1ccc([N+](=O)[O-])cc1. The molecule has 1 heterocycles. The molecule has 0 aliphatic carbocycles. The Morgan fingerprint density at radius 3 is 2.64 bits per heavy atom. The Bertz CT molecular complexity index is 632. The monoisotopic (exact) mass is 352 g/mol. The molecule has 0 saturated carbocycles. The summed E-state index contributed by atoms with van der Waals surface area (Å²) in [6.07, 6.45) is 0.303. The van der Waals surface area contributed by atoms with Crippen LogP contribution in [0.5, 0.6) is 0 Å². The normalized spacial score (nSPS) is 20.3. The summed E-state index contributed by atoms with van der Waals surface area (Å²) in [5.74, 6) is -1.05. The standard InChI is InChI=1S/C16H20N2O7/c1-10(9-19)15-13(16(21)17-15)6-7-24-25-14(20)8-11-2-4-12(5-3-11)18(22)23/h2-5,10,13,15,19H,6-9H2,1H3,(H,17,21)/t10?,13-,15-/m0/s1. The number of benzene rings is 1. The number of β-lactam (4-membered cyclic amide) rings is 1. The van der Waals surface area contributed by atoms with Crippen LogP contribution in [0, 0.1) is 22.0 Å². The van der Waals surface area contributed by atoms with Crippen molar-refractivity contribution in [3.05, 3.63) is 39.9 Å². The number of carbonyl (C=O) groups excluding carboxylic acids is 2. The third-order valence-corrected chi connectivity index (χ3v) is 4.14. The molecular formula is C16H20N2O7. The summed E-state index contributed by atoms with van der Waals surface area (Å²) >= 11 is 0. The summed E-state index contributed by atoms with van der Waals surface area (Å²) in [7, 11) is 0. The molecule has 1 aromatic rings. The Balaban J connectivity index is 1.68. The van der Waals surface area contributed by atoms with Gasteiger partial charge in [-0.25, -0.2) is 4.79 Å². The molecule has 9 nitrogen and oxygen atoms in total. The molecule has 2 N–H and O–H groups in total. The number of hydrogen-bond donors (Lipinski definition) is 2. The van der Waals surface area contributed by atoms with Crippen LogP contribution in [0.15, 0.2) is 24.3 Å². The first-order valence-electron chi connectivity index (χ1n) is 7.89. The van der Waals surface area contributed by atoms with Gasteiger partial charge in [0.15, 0.2) is 0 Å². The van der Waals surface area contributed by atoms with E-state index in [2.05, 4.69) is 10.2 Å². The molecule has 0 radical (unpaired) electrons. The van der Waals surface area contributed by atoms with Gasteiger partial charge in [-0.1, -0.05) is 19.1 Å². The minimum Gasteiger partial charge on any atom is -0.396 e. The third kappa shape index (κ3) is 4.97. The molecule has 1 unspecified atom stereocenters. The average Bonchev–Trinajstić information content (AvgIpc) is 2.59. The highest BCUT2D eigenvalue weighted by atomic mass is 17.2. The number of aliphatic hydroxyl groups excluding tert-OH is 1. The molecule has 9 heteroatoms. The van der Waals surface area contributed by atoms with Crippen molar-refractivity contribution in [2.45, 2.75) is 25.8 Å². The van der Waals surface area contributed by atoms with Gasteiger partial charge in [-0.2, -0.15) is 4.89 Å². The molecule has 2 rings (SSSR count). The maximum atomic E-state index is 11.6. The zero-order valence-corrected chi connectivity index (χ0v) is 13.7. The first-order valence-corrected chi connectivity index (χ1v) is 7.89. The molecule has 1 aromatic carbocycles. The van der Waals surface area contributed by atoms with Crippen LogP contribution < -0.4 is 5.32 Å². The second-order valence-corrected chi connectivity index (χ2v) is 5.97. The summed E-state index contributed by atoms with van der Waals surface area (Å²) < 4.78 is 0. The lowest BCUT2D eigenvalue weighted by Crippen LogP contribution is -2.61. The Morgan fingerprint density at radius 2 is 2.08 bits per heavy atom. The number of nitro benzene ring substituents is 1. The Kier molecular flexibility index (Phi) is 6.43. The highest BCUT2D eigenvalue weighted by molar-refractivity contribution is 5.85. The van der Waals surface area contributed by atoms with Crippen molar-refractivity contribution in [3.8, 4) is 0 Å². The van der Waals surface area contributed by atoms with E-state index in [0.717, 1.165) is 0 Å². The smallest absolute Gasteiger partial charge is 0.346 e. The Labute approximate surface area is 144 Å². The second-order valence-electron chi connectivity index (χ2n) is 5.97. The number of nitrogens with zero attached hydrogens (tertiary/aromatic N) is 1. The molecule has 0 bridgehead atoms. The number of amides is 1. The fourth-order valence-electron chi connectivity index (χ4n) is 2.62. The van der Waals surface area contributed by atoms with Gasteiger partial charge in [-0.05, 0) is 12.0 Å². The quantitative estimate of drug-likeness (QED) is 0.221. The molecule has 25 heavy (non-hydrogen) atoms. The minimum atomic E-state index is -0.632. The van der Waals surface area contributed by atoms with Crippen LogP contribution >= 0.6 is 0 Å². The van der Waals surface area contributed by atoms with Crippen molar-refractivity contribution in [2.75, 3.05) is 13.2 Å². The van der Waals surface area contributed by atoms with Gasteiger partial charge in [0.1, 0.15) is 0 Å². The van der Waals surface area contributed by atoms with Crippen LogP contribution in [0.4, 0.5) is 5.69 Å². The van der Waals surface area contributed by atoms with Crippen molar-refractivity contribution in [2.24, 2.45) is 11.8 Å². The van der Waals surface area contributed by atoms with Crippen LogP contribution in [0.25, 0.3) is 0 Å². The molecule has 3 atom stereocenters. The molecular weight excluding hydrogens is 332 g/mol. The van der Waals surface area contributed by atoms with Crippen LogP contribution in [0.1, 0.15) is 18.9 Å². The van der Waals surface area contributed by atoms with Gasteiger partial charge >= 0.3 is 5.97 Å². The molecule has 1 aliphatic heterocycles. The Hall–Kier alpha value is -2.52. The van der Waals surface area contributed by atoms with E-state index in [1.54, 1.807) is 0 Å². The van der Waals surface area contributed by atoms with Gasteiger partial charge in [0.05, 0.1) is 23.9 Å². The van der Waals surface area contributed by atoms with Gasteiger partial charge in [0.2, 0.25) is 5.91 Å². The number of nitro groups is 1. The fraction of sp³-hybridized carbons (Fsp3) is 0.500. The highest BCUT2D eigenvalue weighted by Gasteiger charge is 2.41. The topological polar surface area (TPSA) is 128 Å². The molecule has 1 saturated heterocycles. The first kappa shape index (κ1) is 18.8. The van der Waals surface area contributed by atoms with Crippen LogP contribution in [-0.2, 0) is 25.8 Å². The summed E-state index contributed by atoms with van der Waals surface area (Å²) in [5, 5.41) is 22.4. The van der Waals surface area contributed by atoms with E-state index in [1.807, 2.05) is 6.92 Å². The number of hydrogen-bond acceptors (Lipinski definition) is 7. The zero-order chi connectivity index (χ0) is 18.4. The van der Waals surface area contributed by atoms with E-state index in [0.29, 0.717) is 12.0 Å². The van der Waals surface area contributed by atoms with E-state index in [4.69, 9.17) is 9.99 Å². The first-order chi connectivity index (χ1) is 11.9. The molecule has 0 spiro atoms. The lowest BCUT2D eigenvalue weighted by atomic mass is 9.80. The number of aliphatic hydroxyl groups is 1. The van der Waals surface area contributed by atoms with E-state index in [-0.39, 0.29) is 49.1 Å². The largest absolute Gasteiger partial charge is 0.396 e. The van der Waals surface area contributed by atoms with Crippen LogP contribution in [-0.4, -0.2) is 41.2 Å². The van der Waals surface area contributed by atoms with Gasteiger partial charge in [-0.3, -0.25) is 19.8 Å². The van der Waals surface area contributed by atoms with Crippen molar-refractivity contribution >= 4 is 17.6 Å². The summed E-state index contributed by atoms with van der Waals surface area (Å²) in [4.78, 5) is 42.7. The van der Waals surface area contributed by atoms with E-state index in [9.17, 15) is 19.7 Å². The van der Waals surface area contributed by atoms with Crippen molar-refractivity contribution in [1.29, 1.82) is 0 Å². The maximum Gasteiger partial charge on any atom is 0.346 e. The van der Waals surface area contributed by atoms with Crippen LogP contribution in [0.2, 0.25) is 0 Å². The third-order valence-electron chi connectivity index (χ3n) is 4.14. The number of carbonyl (C=O) groups is 2. The van der Waals surface area contributed by atoms with Gasteiger partial charge in [0, 0.05) is 30.7 Å². The second kappa shape index (κ2) is 8.54. The molecule has 1 aliphatic rings. The average molecular weight is 352 g/mol. The zero-order valence-electron chi connectivity index (χ0n) is 13.7. The lowest BCUT2D eigenvalue weighted by Gasteiger charge is -2.40. The summed E-state index contributed by atoms with van der Waals surface area (Å²) in [5.41, 5.74) is 0.508. The highest BCUT2D eigenvalue weighted by Crippen LogP contribution is 2.25. The van der Waals surface area contributed by atoms with Gasteiger partial charge < -0.3 is 10.4 Å². The van der Waals surface area contributed by atoms with Crippen molar-refractivity contribution in [3.63, 3.8) is 0 Å². The molecule has 136 valence electrons. The predicted octanol–water partition coefficient (Wildman–Crippen LogP) is 0.745. The van der Waals surface area contributed by atoms with Gasteiger partial charge in [0.25, 0.3) is 5.69 Å². The molecule has 1 fully saturated rings. The predicted molar refractivity (Wildman–Crippen MR) is 85.1 cm³/mol. The number of rotatable bonds is 9. The van der Waals surface area contributed by atoms with Crippen molar-refractivity contribution in [1.82, 2.24) is 5.32 Å². The Morgan fingerprint density at radius 1 is 1.40 bits per heavy atom. The minimum absolute atomic E-state index is 0.0213. The summed E-state index contributed by atoms with van der Waals surface area (Å²) in [6.45, 7) is 1.88. The lowest BCUT2D eigenvalue weighted by molar-refractivity contribution is -0.384. The van der Waals surface area contributed by atoms with E-state index >= 15 is 0 Å². The summed E-state index contributed by atoms with van der Waals surface area (Å²) in [6, 6.07) is 5.46. The number of non-ortho nitro benzene ring substituents is 1. The number of nitrogens with one attached hydrogen (secondary N) is 1. The van der Waals surface area contributed by atoms with Crippen molar-refractivity contribution < 1.29 is 29.4 Å². The molecule has 1 amide bonds. The van der Waals surface area contributed by atoms with E-state index < -0.39 is 10.9 Å². The van der Waals surface area contributed by atoms with E-state index in [1.165, 1.54) is 24.3 Å². The fourth-order valence-corrected chi connectivity index (χ4v) is 2.62. The maximum absolute atomic E-state index is 11.6. The molecule has 0 aromatic heterocycles. The van der Waals surface area contributed by atoms with Crippen LogP contribution in [0.3, 0.4) is 0 Å². The van der Waals surface area contributed by atoms with Gasteiger partial charge in [-0.15, -0.1) is 0 Å².